The number of para-hydroxylation sites is 2. The summed E-state index contributed by atoms with van der Waals surface area (Å²) < 4.78 is 2.09. The summed E-state index contributed by atoms with van der Waals surface area (Å²) in [6, 6.07) is 8.09. The van der Waals surface area contributed by atoms with Gasteiger partial charge in [0, 0.05) is 12.6 Å². The molecule has 5 rings (SSSR count). The highest BCUT2D eigenvalue weighted by atomic mass is 16.1. The van der Waals surface area contributed by atoms with Crippen LogP contribution in [-0.4, -0.2) is 27.0 Å². The number of nitrogens with zero attached hydrogens (tertiary/aromatic N) is 3. The Hall–Kier alpha value is -2.89. The number of anilines is 1. The number of amides is 1. The first kappa shape index (κ1) is 20.0. The lowest BCUT2D eigenvalue weighted by molar-refractivity contribution is 0.0956. The van der Waals surface area contributed by atoms with Crippen LogP contribution in [0.1, 0.15) is 80.6 Å². The molecular formula is C25H31N5O. The van der Waals surface area contributed by atoms with Crippen molar-refractivity contribution in [3.63, 3.8) is 0 Å². The predicted octanol–water partition coefficient (Wildman–Crippen LogP) is 5.29. The Morgan fingerprint density at radius 1 is 1.06 bits per heavy atom. The fourth-order valence-corrected chi connectivity index (χ4v) is 5.17. The third-order valence-corrected chi connectivity index (χ3v) is 6.82. The highest BCUT2D eigenvalue weighted by Gasteiger charge is 2.28. The first-order chi connectivity index (χ1) is 15.2. The van der Waals surface area contributed by atoms with Gasteiger partial charge in [-0.25, -0.2) is 9.97 Å². The van der Waals surface area contributed by atoms with Gasteiger partial charge in [0.25, 0.3) is 5.91 Å². The zero-order valence-corrected chi connectivity index (χ0v) is 18.1. The van der Waals surface area contributed by atoms with Gasteiger partial charge in [-0.15, -0.1) is 0 Å². The molecule has 3 aromatic rings. The van der Waals surface area contributed by atoms with Crippen LogP contribution in [0.2, 0.25) is 0 Å². The molecule has 1 saturated carbocycles. The lowest BCUT2D eigenvalue weighted by Crippen LogP contribution is -2.26. The molecule has 162 valence electrons. The third-order valence-electron chi connectivity index (χ3n) is 6.82. The van der Waals surface area contributed by atoms with Gasteiger partial charge in [-0.3, -0.25) is 4.79 Å². The Morgan fingerprint density at radius 2 is 1.84 bits per heavy atom. The van der Waals surface area contributed by atoms with E-state index in [1.54, 1.807) is 0 Å². The number of benzene rings is 1. The number of fused-ring (bicyclic) bond motifs is 2. The van der Waals surface area contributed by atoms with Crippen LogP contribution in [0.15, 0.2) is 35.9 Å². The van der Waals surface area contributed by atoms with Gasteiger partial charge < -0.3 is 15.6 Å². The molecule has 0 unspecified atom stereocenters. The maximum absolute atomic E-state index is 13.3. The molecule has 1 amide bonds. The molecule has 2 aromatic heterocycles. The number of rotatable bonds is 5. The van der Waals surface area contributed by atoms with Crippen molar-refractivity contribution in [2.45, 2.75) is 70.3 Å². The molecule has 1 fully saturated rings. The van der Waals surface area contributed by atoms with Gasteiger partial charge in [-0.1, -0.05) is 43.0 Å². The van der Waals surface area contributed by atoms with E-state index in [9.17, 15) is 4.79 Å². The SMILES string of the molecule is Nc1c(C(=O)NCCC2=CCCCC2)c2nc3ccccc3nc2n1C1CCCCC1. The van der Waals surface area contributed by atoms with Crippen molar-refractivity contribution in [1.29, 1.82) is 0 Å². The zero-order chi connectivity index (χ0) is 21.2. The normalized spacial score (nSPS) is 17.7. The minimum absolute atomic E-state index is 0.141. The lowest BCUT2D eigenvalue weighted by atomic mass is 9.95. The maximum Gasteiger partial charge on any atom is 0.257 e. The molecule has 31 heavy (non-hydrogen) atoms. The van der Waals surface area contributed by atoms with Crippen LogP contribution < -0.4 is 11.1 Å². The molecule has 0 spiro atoms. The van der Waals surface area contributed by atoms with Crippen LogP contribution in [0.3, 0.4) is 0 Å². The largest absolute Gasteiger partial charge is 0.384 e. The molecule has 2 aliphatic rings. The Morgan fingerprint density at radius 3 is 2.58 bits per heavy atom. The molecule has 1 aromatic carbocycles. The molecule has 3 N–H and O–H groups in total. The summed E-state index contributed by atoms with van der Waals surface area (Å²) in [7, 11) is 0. The Kier molecular flexibility index (Phi) is 5.62. The van der Waals surface area contributed by atoms with Gasteiger partial charge >= 0.3 is 0 Å². The number of aromatic nitrogens is 3. The summed E-state index contributed by atoms with van der Waals surface area (Å²) in [6.45, 7) is 0.626. The molecule has 0 atom stereocenters. The first-order valence-corrected chi connectivity index (χ1v) is 11.7. The molecule has 0 radical (unpaired) electrons. The van der Waals surface area contributed by atoms with E-state index in [4.69, 9.17) is 15.7 Å². The van der Waals surface area contributed by atoms with E-state index in [0.717, 1.165) is 48.8 Å². The number of hydrogen-bond acceptors (Lipinski definition) is 4. The van der Waals surface area contributed by atoms with Crippen LogP contribution in [0.4, 0.5) is 5.82 Å². The van der Waals surface area contributed by atoms with Crippen molar-refractivity contribution in [3.8, 4) is 0 Å². The smallest absolute Gasteiger partial charge is 0.257 e. The highest BCUT2D eigenvalue weighted by molar-refractivity contribution is 6.10. The summed E-state index contributed by atoms with van der Waals surface area (Å²) in [6.07, 6.45) is 13.8. The van der Waals surface area contributed by atoms with Crippen LogP contribution in [0.5, 0.6) is 0 Å². The van der Waals surface area contributed by atoms with Crippen LogP contribution >= 0.6 is 0 Å². The van der Waals surface area contributed by atoms with E-state index in [0.29, 0.717) is 23.4 Å². The molecule has 0 aliphatic heterocycles. The second-order valence-corrected chi connectivity index (χ2v) is 8.92. The fraction of sp³-hybridized carbons (Fsp3) is 0.480. The van der Waals surface area contributed by atoms with Crippen molar-refractivity contribution in [2.75, 3.05) is 12.3 Å². The van der Waals surface area contributed by atoms with E-state index in [1.807, 2.05) is 24.3 Å². The Labute approximate surface area is 182 Å². The van der Waals surface area contributed by atoms with E-state index in [1.165, 1.54) is 37.7 Å². The summed E-state index contributed by atoms with van der Waals surface area (Å²) in [5.74, 6) is 0.365. The van der Waals surface area contributed by atoms with Crippen molar-refractivity contribution < 1.29 is 4.79 Å². The predicted molar refractivity (Wildman–Crippen MR) is 125 cm³/mol. The Bertz CT molecular complexity index is 1140. The number of hydrogen-bond donors (Lipinski definition) is 2. The standard InChI is InChI=1S/C25H31N5O/c26-23-21(25(31)27-16-15-17-9-3-1-4-10-17)22-24(30(23)18-11-5-2-6-12-18)29-20-14-8-7-13-19(20)28-22/h7-9,13-14,18H,1-6,10-12,15-16,26H2,(H,27,31). The number of carbonyl (C=O) groups is 1. The molecule has 2 aliphatic carbocycles. The average molecular weight is 418 g/mol. The van der Waals surface area contributed by atoms with Crippen molar-refractivity contribution in [1.82, 2.24) is 19.9 Å². The minimum Gasteiger partial charge on any atom is -0.384 e. The first-order valence-electron chi connectivity index (χ1n) is 11.7. The molecule has 2 heterocycles. The average Bonchev–Trinajstić information content (AvgIpc) is 3.09. The van der Waals surface area contributed by atoms with Crippen molar-refractivity contribution in [3.05, 3.63) is 41.5 Å². The van der Waals surface area contributed by atoms with E-state index < -0.39 is 0 Å². The second kappa shape index (κ2) is 8.69. The molecular weight excluding hydrogens is 386 g/mol. The topological polar surface area (TPSA) is 85.8 Å². The van der Waals surface area contributed by atoms with Gasteiger partial charge in [-0.2, -0.15) is 0 Å². The molecule has 0 saturated heterocycles. The number of nitrogen functional groups attached to an aromatic ring is 1. The van der Waals surface area contributed by atoms with E-state index in [2.05, 4.69) is 16.0 Å². The summed E-state index contributed by atoms with van der Waals surface area (Å²) in [5.41, 5.74) is 11.6. The van der Waals surface area contributed by atoms with Gasteiger partial charge in [0.05, 0.1) is 11.0 Å². The highest BCUT2D eigenvalue weighted by Crippen LogP contribution is 2.37. The lowest BCUT2D eigenvalue weighted by Gasteiger charge is -2.25. The van der Waals surface area contributed by atoms with Crippen LogP contribution in [-0.2, 0) is 0 Å². The maximum atomic E-state index is 13.3. The minimum atomic E-state index is -0.141. The van der Waals surface area contributed by atoms with Crippen molar-refractivity contribution >= 4 is 33.9 Å². The van der Waals surface area contributed by atoms with Gasteiger partial charge in [0.15, 0.2) is 5.65 Å². The summed E-state index contributed by atoms with van der Waals surface area (Å²) >= 11 is 0. The van der Waals surface area contributed by atoms with Gasteiger partial charge in [0.1, 0.15) is 16.9 Å². The van der Waals surface area contributed by atoms with Crippen LogP contribution in [0.25, 0.3) is 22.2 Å². The number of nitrogens with one attached hydrogen (secondary N) is 1. The second-order valence-electron chi connectivity index (χ2n) is 8.92. The molecule has 0 bridgehead atoms. The third kappa shape index (κ3) is 3.91. The Balaban J connectivity index is 1.51. The van der Waals surface area contributed by atoms with E-state index in [-0.39, 0.29) is 11.9 Å². The summed E-state index contributed by atoms with van der Waals surface area (Å²) in [4.78, 5) is 23.0. The van der Waals surface area contributed by atoms with Crippen LogP contribution in [0, 0.1) is 0 Å². The number of carbonyl (C=O) groups excluding carboxylic acids is 1. The van der Waals surface area contributed by atoms with Crippen molar-refractivity contribution in [2.24, 2.45) is 0 Å². The van der Waals surface area contributed by atoms with Gasteiger partial charge in [0.2, 0.25) is 0 Å². The molecule has 6 heteroatoms. The quantitative estimate of drug-likeness (QED) is 0.552. The molecule has 6 nitrogen and oxygen atoms in total. The monoisotopic (exact) mass is 417 g/mol. The number of nitrogens with two attached hydrogens (primary N) is 1. The van der Waals surface area contributed by atoms with Gasteiger partial charge in [-0.05, 0) is 57.1 Å². The summed E-state index contributed by atoms with van der Waals surface area (Å²) in [5, 5.41) is 3.10. The van der Waals surface area contributed by atoms with E-state index >= 15 is 0 Å². The fourth-order valence-electron chi connectivity index (χ4n) is 5.17. The number of allylic oxidation sites excluding steroid dienone is 1. The zero-order valence-electron chi connectivity index (χ0n) is 18.1.